The SMILES string of the molecule is COc1ccc(N2CCN(C(=O)c3c(C)nn(-c4cccc(C)c4)c3-n3cccc3)CC2)cc1. The van der Waals surface area contributed by atoms with Crippen molar-refractivity contribution in [2.75, 3.05) is 38.2 Å². The van der Waals surface area contributed by atoms with E-state index >= 15 is 0 Å². The van der Waals surface area contributed by atoms with Crippen molar-refractivity contribution in [3.05, 3.63) is 89.9 Å². The second kappa shape index (κ2) is 9.09. The molecular weight excluding hydrogens is 426 g/mol. The van der Waals surface area contributed by atoms with Crippen LogP contribution in [0.4, 0.5) is 5.69 Å². The molecule has 0 spiro atoms. The monoisotopic (exact) mass is 455 g/mol. The van der Waals surface area contributed by atoms with Crippen LogP contribution in [0.1, 0.15) is 21.6 Å². The average molecular weight is 456 g/mol. The molecule has 5 rings (SSSR count). The Morgan fingerprint density at radius 1 is 0.882 bits per heavy atom. The molecular formula is C27H29N5O2. The first kappa shape index (κ1) is 21.8. The number of rotatable bonds is 5. The lowest BCUT2D eigenvalue weighted by atomic mass is 10.1. The predicted octanol–water partition coefficient (Wildman–Crippen LogP) is 4.25. The Bertz CT molecular complexity index is 1280. The summed E-state index contributed by atoms with van der Waals surface area (Å²) in [6.45, 7) is 6.85. The van der Waals surface area contributed by atoms with Crippen LogP contribution in [-0.2, 0) is 0 Å². The first-order chi connectivity index (χ1) is 16.5. The van der Waals surface area contributed by atoms with Crippen LogP contribution >= 0.6 is 0 Å². The van der Waals surface area contributed by atoms with E-state index in [0.29, 0.717) is 18.7 Å². The van der Waals surface area contributed by atoms with E-state index in [4.69, 9.17) is 9.84 Å². The molecule has 0 atom stereocenters. The average Bonchev–Trinajstić information content (AvgIpc) is 3.51. The second-order valence-corrected chi connectivity index (χ2v) is 8.60. The Balaban J connectivity index is 1.43. The Labute approximate surface area is 199 Å². The number of benzene rings is 2. The number of carbonyl (C=O) groups is 1. The highest BCUT2D eigenvalue weighted by molar-refractivity contribution is 5.99. The maximum absolute atomic E-state index is 13.8. The van der Waals surface area contributed by atoms with Crippen LogP contribution in [-0.4, -0.2) is 58.4 Å². The van der Waals surface area contributed by atoms with Gasteiger partial charge in [-0.1, -0.05) is 12.1 Å². The van der Waals surface area contributed by atoms with Gasteiger partial charge >= 0.3 is 0 Å². The number of piperazine rings is 1. The summed E-state index contributed by atoms with van der Waals surface area (Å²) in [7, 11) is 1.67. The van der Waals surface area contributed by atoms with Crippen molar-refractivity contribution < 1.29 is 9.53 Å². The second-order valence-electron chi connectivity index (χ2n) is 8.60. The van der Waals surface area contributed by atoms with E-state index in [1.54, 1.807) is 7.11 Å². The molecule has 34 heavy (non-hydrogen) atoms. The van der Waals surface area contributed by atoms with E-state index < -0.39 is 0 Å². The first-order valence-corrected chi connectivity index (χ1v) is 11.5. The van der Waals surface area contributed by atoms with Crippen molar-refractivity contribution in [3.63, 3.8) is 0 Å². The van der Waals surface area contributed by atoms with Crippen LogP contribution in [0.5, 0.6) is 5.75 Å². The lowest BCUT2D eigenvalue weighted by Gasteiger charge is -2.36. The summed E-state index contributed by atoms with van der Waals surface area (Å²) in [5.74, 6) is 1.64. The number of hydrogen-bond acceptors (Lipinski definition) is 4. The van der Waals surface area contributed by atoms with Gasteiger partial charge in [0.25, 0.3) is 5.91 Å². The van der Waals surface area contributed by atoms with Gasteiger partial charge in [0.1, 0.15) is 11.3 Å². The first-order valence-electron chi connectivity index (χ1n) is 11.5. The summed E-state index contributed by atoms with van der Waals surface area (Å²) in [6, 6.07) is 20.2. The molecule has 0 bridgehead atoms. The van der Waals surface area contributed by atoms with Crippen molar-refractivity contribution >= 4 is 11.6 Å². The zero-order valence-electron chi connectivity index (χ0n) is 19.8. The largest absolute Gasteiger partial charge is 0.497 e. The highest BCUT2D eigenvalue weighted by Gasteiger charge is 2.29. The fraction of sp³-hybridized carbons (Fsp3) is 0.259. The van der Waals surface area contributed by atoms with Gasteiger partial charge in [0.05, 0.1) is 18.5 Å². The third-order valence-electron chi connectivity index (χ3n) is 6.35. The Kier molecular flexibility index (Phi) is 5.84. The molecule has 2 aromatic heterocycles. The fourth-order valence-electron chi connectivity index (χ4n) is 4.54. The van der Waals surface area contributed by atoms with Crippen LogP contribution in [0, 0.1) is 13.8 Å². The van der Waals surface area contributed by atoms with Gasteiger partial charge in [0.2, 0.25) is 0 Å². The normalized spacial score (nSPS) is 13.9. The van der Waals surface area contributed by atoms with Crippen molar-refractivity contribution in [3.8, 4) is 17.3 Å². The molecule has 1 aliphatic rings. The maximum Gasteiger partial charge on any atom is 0.259 e. The summed E-state index contributed by atoms with van der Waals surface area (Å²) in [5, 5.41) is 4.80. The Morgan fingerprint density at radius 3 is 2.24 bits per heavy atom. The highest BCUT2D eigenvalue weighted by Crippen LogP contribution is 2.26. The standard InChI is InChI=1S/C27H29N5O2/c1-20-7-6-8-23(19-20)32-26(30-13-4-5-14-30)25(21(2)28-32)27(33)31-17-15-29(16-18-31)22-9-11-24(34-3)12-10-22/h4-14,19H,15-18H2,1-3H3. The minimum atomic E-state index is 0.0227. The number of ether oxygens (including phenoxy) is 1. The number of anilines is 1. The Morgan fingerprint density at radius 2 is 1.59 bits per heavy atom. The van der Waals surface area contributed by atoms with Crippen LogP contribution < -0.4 is 9.64 Å². The third kappa shape index (κ3) is 4.05. The van der Waals surface area contributed by atoms with Gasteiger partial charge in [0.15, 0.2) is 5.82 Å². The van der Waals surface area contributed by atoms with Crippen molar-refractivity contribution in [1.82, 2.24) is 19.2 Å². The van der Waals surface area contributed by atoms with E-state index in [0.717, 1.165) is 47.3 Å². The number of amides is 1. The number of aryl methyl sites for hydroxylation is 2. The molecule has 1 amide bonds. The molecule has 0 saturated carbocycles. The summed E-state index contributed by atoms with van der Waals surface area (Å²) < 4.78 is 9.12. The molecule has 0 aliphatic carbocycles. The van der Waals surface area contributed by atoms with E-state index in [-0.39, 0.29) is 5.91 Å². The van der Waals surface area contributed by atoms with Crippen LogP contribution in [0.25, 0.3) is 11.5 Å². The minimum Gasteiger partial charge on any atom is -0.497 e. The topological polar surface area (TPSA) is 55.5 Å². The van der Waals surface area contributed by atoms with Gasteiger partial charge < -0.3 is 19.1 Å². The zero-order valence-corrected chi connectivity index (χ0v) is 19.8. The molecule has 2 aromatic carbocycles. The van der Waals surface area contributed by atoms with Crippen LogP contribution in [0.15, 0.2) is 73.1 Å². The van der Waals surface area contributed by atoms with Crippen LogP contribution in [0.2, 0.25) is 0 Å². The number of carbonyl (C=O) groups excluding carboxylic acids is 1. The molecule has 3 heterocycles. The van der Waals surface area contributed by atoms with Gasteiger partial charge in [-0.15, -0.1) is 0 Å². The van der Waals surface area contributed by atoms with Crippen molar-refractivity contribution in [2.45, 2.75) is 13.8 Å². The quantitative estimate of drug-likeness (QED) is 0.452. The molecule has 7 heteroatoms. The smallest absolute Gasteiger partial charge is 0.259 e. The van der Waals surface area contributed by atoms with Gasteiger partial charge in [-0.25, -0.2) is 4.68 Å². The lowest BCUT2D eigenvalue weighted by molar-refractivity contribution is 0.0746. The van der Waals surface area contributed by atoms with E-state index in [9.17, 15) is 4.79 Å². The van der Waals surface area contributed by atoms with Gasteiger partial charge in [-0.05, 0) is 67.9 Å². The van der Waals surface area contributed by atoms with Gasteiger partial charge in [0, 0.05) is 44.3 Å². The van der Waals surface area contributed by atoms with E-state index in [1.165, 1.54) is 0 Å². The summed E-state index contributed by atoms with van der Waals surface area (Å²) in [5.41, 5.74) is 4.61. The van der Waals surface area contributed by atoms with Crippen molar-refractivity contribution in [1.29, 1.82) is 0 Å². The summed E-state index contributed by atoms with van der Waals surface area (Å²) in [4.78, 5) is 18.0. The summed E-state index contributed by atoms with van der Waals surface area (Å²) in [6.07, 6.45) is 3.92. The fourth-order valence-corrected chi connectivity index (χ4v) is 4.54. The number of hydrogen-bond donors (Lipinski definition) is 0. The Hall–Kier alpha value is -4.00. The molecule has 0 unspecified atom stereocenters. The molecule has 1 saturated heterocycles. The lowest BCUT2D eigenvalue weighted by Crippen LogP contribution is -2.49. The number of nitrogens with zero attached hydrogens (tertiary/aromatic N) is 5. The van der Waals surface area contributed by atoms with Gasteiger partial charge in [-0.2, -0.15) is 5.10 Å². The number of aromatic nitrogens is 3. The van der Waals surface area contributed by atoms with E-state index in [1.807, 2.05) is 69.9 Å². The third-order valence-corrected chi connectivity index (χ3v) is 6.35. The molecule has 0 N–H and O–H groups in total. The molecule has 7 nitrogen and oxygen atoms in total. The van der Waals surface area contributed by atoms with E-state index in [2.05, 4.69) is 36.1 Å². The molecule has 0 radical (unpaired) electrons. The van der Waals surface area contributed by atoms with Crippen LogP contribution in [0.3, 0.4) is 0 Å². The molecule has 174 valence electrons. The minimum absolute atomic E-state index is 0.0227. The molecule has 1 aliphatic heterocycles. The zero-order chi connectivity index (χ0) is 23.7. The summed E-state index contributed by atoms with van der Waals surface area (Å²) >= 11 is 0. The molecule has 4 aromatic rings. The van der Waals surface area contributed by atoms with Gasteiger partial charge in [-0.3, -0.25) is 4.79 Å². The maximum atomic E-state index is 13.8. The van der Waals surface area contributed by atoms with Crippen molar-refractivity contribution in [2.24, 2.45) is 0 Å². The number of methoxy groups -OCH3 is 1. The predicted molar refractivity (Wildman–Crippen MR) is 133 cm³/mol. The molecule has 1 fully saturated rings. The highest BCUT2D eigenvalue weighted by atomic mass is 16.5.